The van der Waals surface area contributed by atoms with Crippen LogP contribution in [0.5, 0.6) is 5.75 Å². The average molecular weight is 358 g/mol. The van der Waals surface area contributed by atoms with Gasteiger partial charge in [0.1, 0.15) is 5.75 Å². The van der Waals surface area contributed by atoms with Gasteiger partial charge in [-0.15, -0.1) is 0 Å². The highest BCUT2D eigenvalue weighted by molar-refractivity contribution is 6.31. The molecule has 0 amide bonds. The van der Waals surface area contributed by atoms with Crippen molar-refractivity contribution in [1.82, 2.24) is 4.57 Å². The number of pyridine rings is 1. The van der Waals surface area contributed by atoms with Gasteiger partial charge in [0.2, 0.25) is 0 Å². The van der Waals surface area contributed by atoms with Crippen LogP contribution in [0.4, 0.5) is 0 Å². The highest BCUT2D eigenvalue weighted by Gasteiger charge is 2.23. The Hall–Kier alpha value is -2.79. The molecule has 3 rings (SSSR count). The number of hydrogen-bond acceptors (Lipinski definition) is 4. The van der Waals surface area contributed by atoms with Crippen molar-refractivity contribution >= 4 is 28.5 Å². The van der Waals surface area contributed by atoms with E-state index in [0.29, 0.717) is 15.9 Å². The Bertz CT molecular complexity index is 996. The molecular formula is C19H16ClNO4. The molecule has 0 spiro atoms. The Labute approximate surface area is 149 Å². The van der Waals surface area contributed by atoms with Crippen molar-refractivity contribution in [1.29, 1.82) is 0 Å². The van der Waals surface area contributed by atoms with Gasteiger partial charge in [0.05, 0.1) is 18.7 Å². The number of aromatic nitrogens is 1. The minimum Gasteiger partial charge on any atom is -0.506 e. The monoisotopic (exact) mass is 357 g/mol. The van der Waals surface area contributed by atoms with E-state index in [1.807, 2.05) is 30.3 Å². The van der Waals surface area contributed by atoms with Crippen molar-refractivity contribution in [3.05, 3.63) is 75.0 Å². The molecule has 25 heavy (non-hydrogen) atoms. The van der Waals surface area contributed by atoms with Gasteiger partial charge in [-0.2, -0.15) is 0 Å². The first-order chi connectivity index (χ1) is 12.0. The van der Waals surface area contributed by atoms with E-state index in [1.54, 1.807) is 25.1 Å². The highest BCUT2D eigenvalue weighted by atomic mass is 35.5. The minimum absolute atomic E-state index is 0.106. The summed E-state index contributed by atoms with van der Waals surface area (Å²) in [6.45, 7) is 1.98. The third-order valence-electron chi connectivity index (χ3n) is 3.86. The van der Waals surface area contributed by atoms with E-state index in [-0.39, 0.29) is 24.5 Å². The van der Waals surface area contributed by atoms with Crippen LogP contribution in [0.2, 0.25) is 5.02 Å². The first-order valence-corrected chi connectivity index (χ1v) is 8.16. The summed E-state index contributed by atoms with van der Waals surface area (Å²) in [7, 11) is 0. The lowest BCUT2D eigenvalue weighted by Gasteiger charge is -2.15. The normalized spacial score (nSPS) is 10.8. The standard InChI is InChI=1S/C19H16ClNO4/c1-2-25-19(24)16-17(22)14-9-8-13(20)10-15(14)21(18(16)23)11-12-6-4-3-5-7-12/h3-10,22H,2,11H2,1H3. The summed E-state index contributed by atoms with van der Waals surface area (Å²) < 4.78 is 6.35. The van der Waals surface area contributed by atoms with E-state index in [1.165, 1.54) is 4.57 Å². The van der Waals surface area contributed by atoms with Crippen LogP contribution in [0.15, 0.2) is 53.3 Å². The van der Waals surface area contributed by atoms with Gasteiger partial charge in [0.25, 0.3) is 5.56 Å². The van der Waals surface area contributed by atoms with Gasteiger partial charge in [0, 0.05) is 10.4 Å². The van der Waals surface area contributed by atoms with E-state index in [0.717, 1.165) is 5.56 Å². The number of carbonyl (C=O) groups excluding carboxylic acids is 1. The Morgan fingerprint density at radius 1 is 1.20 bits per heavy atom. The third kappa shape index (κ3) is 3.23. The van der Waals surface area contributed by atoms with Gasteiger partial charge in [-0.1, -0.05) is 41.9 Å². The molecule has 0 aliphatic carbocycles. The zero-order valence-corrected chi connectivity index (χ0v) is 14.3. The molecule has 0 unspecified atom stereocenters. The molecular weight excluding hydrogens is 342 g/mol. The molecule has 6 heteroatoms. The molecule has 1 N–H and O–H groups in total. The van der Waals surface area contributed by atoms with E-state index in [2.05, 4.69) is 0 Å². The fourth-order valence-corrected chi connectivity index (χ4v) is 2.89. The molecule has 1 heterocycles. The number of halogens is 1. The third-order valence-corrected chi connectivity index (χ3v) is 4.10. The number of hydrogen-bond donors (Lipinski definition) is 1. The molecule has 0 bridgehead atoms. The zero-order valence-electron chi connectivity index (χ0n) is 13.5. The van der Waals surface area contributed by atoms with E-state index < -0.39 is 11.5 Å². The van der Waals surface area contributed by atoms with Crippen LogP contribution >= 0.6 is 11.6 Å². The van der Waals surface area contributed by atoms with Gasteiger partial charge >= 0.3 is 5.97 Å². The Balaban J connectivity index is 2.30. The smallest absolute Gasteiger partial charge is 0.347 e. The first-order valence-electron chi connectivity index (χ1n) is 7.79. The summed E-state index contributed by atoms with van der Waals surface area (Å²) >= 11 is 6.06. The fraction of sp³-hybridized carbons (Fsp3) is 0.158. The Kier molecular flexibility index (Phi) is 4.76. The van der Waals surface area contributed by atoms with E-state index in [4.69, 9.17) is 16.3 Å². The second-order valence-corrected chi connectivity index (χ2v) is 5.92. The molecule has 0 atom stereocenters. The van der Waals surface area contributed by atoms with Crippen molar-refractivity contribution in [2.24, 2.45) is 0 Å². The van der Waals surface area contributed by atoms with Crippen LogP contribution in [0.1, 0.15) is 22.8 Å². The lowest BCUT2D eigenvalue weighted by atomic mass is 10.1. The van der Waals surface area contributed by atoms with Gasteiger partial charge in [-0.25, -0.2) is 4.79 Å². The fourth-order valence-electron chi connectivity index (χ4n) is 2.72. The summed E-state index contributed by atoms with van der Waals surface area (Å²) in [5.74, 6) is -1.23. The van der Waals surface area contributed by atoms with Crippen molar-refractivity contribution in [3.8, 4) is 5.75 Å². The molecule has 0 aliphatic heterocycles. The number of ether oxygens (including phenoxy) is 1. The maximum absolute atomic E-state index is 12.9. The molecule has 0 radical (unpaired) electrons. The van der Waals surface area contributed by atoms with Crippen LogP contribution in [0.3, 0.4) is 0 Å². The quantitative estimate of drug-likeness (QED) is 0.724. The number of esters is 1. The van der Waals surface area contributed by atoms with Gasteiger partial charge in [-0.05, 0) is 30.7 Å². The first kappa shape index (κ1) is 17.0. The van der Waals surface area contributed by atoms with Crippen LogP contribution < -0.4 is 5.56 Å². The largest absolute Gasteiger partial charge is 0.506 e. The predicted molar refractivity (Wildman–Crippen MR) is 96.4 cm³/mol. The number of aromatic hydroxyl groups is 1. The second kappa shape index (κ2) is 6.99. The van der Waals surface area contributed by atoms with Crippen LogP contribution in [0, 0.1) is 0 Å². The van der Waals surface area contributed by atoms with Gasteiger partial charge in [0.15, 0.2) is 5.56 Å². The number of nitrogens with zero attached hydrogens (tertiary/aromatic N) is 1. The molecule has 5 nitrogen and oxygen atoms in total. The molecule has 0 fully saturated rings. The Morgan fingerprint density at radius 3 is 2.60 bits per heavy atom. The molecule has 3 aromatic rings. The summed E-state index contributed by atoms with van der Waals surface area (Å²) in [5, 5.41) is 11.2. The second-order valence-electron chi connectivity index (χ2n) is 5.48. The molecule has 2 aromatic carbocycles. The highest BCUT2D eigenvalue weighted by Crippen LogP contribution is 2.29. The van der Waals surface area contributed by atoms with Crippen molar-refractivity contribution < 1.29 is 14.6 Å². The number of benzene rings is 2. The van der Waals surface area contributed by atoms with Gasteiger partial charge in [-0.3, -0.25) is 4.79 Å². The molecule has 128 valence electrons. The molecule has 0 saturated heterocycles. The maximum Gasteiger partial charge on any atom is 0.347 e. The lowest BCUT2D eigenvalue weighted by Crippen LogP contribution is -2.28. The number of carbonyl (C=O) groups is 1. The van der Waals surface area contributed by atoms with Crippen molar-refractivity contribution in [2.45, 2.75) is 13.5 Å². The SMILES string of the molecule is CCOC(=O)c1c(O)c2ccc(Cl)cc2n(Cc2ccccc2)c1=O. The van der Waals surface area contributed by atoms with Crippen LogP contribution in [-0.4, -0.2) is 22.2 Å². The average Bonchev–Trinajstić information content (AvgIpc) is 2.59. The van der Waals surface area contributed by atoms with Crippen LogP contribution in [0.25, 0.3) is 10.9 Å². The predicted octanol–water partition coefficient (Wildman–Crippen LogP) is 3.59. The summed E-state index contributed by atoms with van der Waals surface area (Å²) in [6.07, 6.45) is 0. The molecule has 1 aromatic heterocycles. The maximum atomic E-state index is 12.9. The topological polar surface area (TPSA) is 68.5 Å². The van der Waals surface area contributed by atoms with E-state index >= 15 is 0 Å². The van der Waals surface area contributed by atoms with Gasteiger partial charge < -0.3 is 14.4 Å². The minimum atomic E-state index is -0.844. The zero-order chi connectivity index (χ0) is 18.0. The number of rotatable bonds is 4. The van der Waals surface area contributed by atoms with E-state index in [9.17, 15) is 14.7 Å². The molecule has 0 saturated carbocycles. The number of fused-ring (bicyclic) bond motifs is 1. The lowest BCUT2D eigenvalue weighted by molar-refractivity contribution is 0.0520. The summed E-state index contributed by atoms with van der Waals surface area (Å²) in [6, 6.07) is 14.1. The Morgan fingerprint density at radius 2 is 1.92 bits per heavy atom. The van der Waals surface area contributed by atoms with Crippen molar-refractivity contribution in [2.75, 3.05) is 6.61 Å². The summed E-state index contributed by atoms with van der Waals surface area (Å²) in [5.41, 5.74) is 0.348. The summed E-state index contributed by atoms with van der Waals surface area (Å²) in [4.78, 5) is 25.1. The van der Waals surface area contributed by atoms with Crippen LogP contribution in [-0.2, 0) is 11.3 Å². The van der Waals surface area contributed by atoms with Crippen molar-refractivity contribution in [3.63, 3.8) is 0 Å². The molecule has 0 aliphatic rings.